The Labute approximate surface area is 162 Å². The second-order valence-corrected chi connectivity index (χ2v) is 7.41. The van der Waals surface area contributed by atoms with Gasteiger partial charge >= 0.3 is 0 Å². The summed E-state index contributed by atoms with van der Waals surface area (Å²) in [6.45, 7) is 0.670. The summed E-state index contributed by atoms with van der Waals surface area (Å²) in [5.74, 6) is 1.88. The Morgan fingerprint density at radius 1 is 0.926 bits per heavy atom. The van der Waals surface area contributed by atoms with Gasteiger partial charge in [-0.05, 0) is 37.8 Å². The number of aromatic amines is 1. The standard InChI is InChI=1S/C22H20N4S/c27-22-16-10-4-7-13-19(16)26(21(25-22)15-8-2-1-3-9-15)14-20-23-17-11-5-6-12-18(17)24-20/h1-3,5-6,8-9,11-12H,4,7,10,13-14H2,(H,23,24). The van der Waals surface area contributed by atoms with Gasteiger partial charge in [0.2, 0.25) is 0 Å². The molecule has 27 heavy (non-hydrogen) atoms. The Balaban J connectivity index is 1.70. The van der Waals surface area contributed by atoms with E-state index in [0.717, 1.165) is 45.7 Å². The summed E-state index contributed by atoms with van der Waals surface area (Å²) in [7, 11) is 0. The molecular weight excluding hydrogens is 352 g/mol. The van der Waals surface area contributed by atoms with E-state index in [1.165, 1.54) is 24.1 Å². The first-order valence-corrected chi connectivity index (χ1v) is 9.82. The van der Waals surface area contributed by atoms with Crippen molar-refractivity contribution < 1.29 is 0 Å². The molecule has 0 fully saturated rings. The van der Waals surface area contributed by atoms with Gasteiger partial charge in [0, 0.05) is 16.8 Å². The van der Waals surface area contributed by atoms with Crippen molar-refractivity contribution in [1.82, 2.24) is 19.5 Å². The minimum absolute atomic E-state index is 0.670. The number of fused-ring (bicyclic) bond motifs is 2. The quantitative estimate of drug-likeness (QED) is 0.510. The SMILES string of the molecule is S=c1nc(-c2ccccc2)n(Cc2nc3ccccc3[nH]2)c2c1CCCC2. The number of aromatic nitrogens is 4. The largest absolute Gasteiger partial charge is 0.340 e. The first-order chi connectivity index (χ1) is 13.3. The van der Waals surface area contributed by atoms with Crippen LogP contribution >= 0.6 is 12.2 Å². The number of hydrogen-bond donors (Lipinski definition) is 1. The number of imidazole rings is 1. The molecule has 2 aromatic carbocycles. The van der Waals surface area contributed by atoms with Gasteiger partial charge in [0.1, 0.15) is 16.3 Å². The van der Waals surface area contributed by atoms with E-state index in [2.05, 4.69) is 27.8 Å². The van der Waals surface area contributed by atoms with Crippen LogP contribution in [0.3, 0.4) is 0 Å². The fraction of sp³-hybridized carbons (Fsp3) is 0.227. The lowest BCUT2D eigenvalue weighted by molar-refractivity contribution is 0.597. The lowest BCUT2D eigenvalue weighted by Gasteiger charge is -2.24. The van der Waals surface area contributed by atoms with Crippen LogP contribution in [0.25, 0.3) is 22.4 Å². The molecule has 134 valence electrons. The molecule has 5 heteroatoms. The maximum absolute atomic E-state index is 5.66. The van der Waals surface area contributed by atoms with Crippen LogP contribution in [0.1, 0.15) is 29.9 Å². The molecule has 1 aliphatic rings. The van der Waals surface area contributed by atoms with Gasteiger partial charge in [-0.1, -0.05) is 54.7 Å². The van der Waals surface area contributed by atoms with Crippen molar-refractivity contribution in [2.45, 2.75) is 32.2 Å². The summed E-state index contributed by atoms with van der Waals surface area (Å²) >= 11 is 5.66. The van der Waals surface area contributed by atoms with E-state index in [-0.39, 0.29) is 0 Å². The van der Waals surface area contributed by atoms with E-state index in [4.69, 9.17) is 22.2 Å². The van der Waals surface area contributed by atoms with Crippen molar-refractivity contribution in [3.8, 4) is 11.4 Å². The number of rotatable bonds is 3. The van der Waals surface area contributed by atoms with Crippen LogP contribution in [0.15, 0.2) is 54.6 Å². The van der Waals surface area contributed by atoms with E-state index >= 15 is 0 Å². The fourth-order valence-corrected chi connectivity index (χ4v) is 4.28. The molecule has 1 N–H and O–H groups in total. The summed E-state index contributed by atoms with van der Waals surface area (Å²) in [6, 6.07) is 18.5. The van der Waals surface area contributed by atoms with Crippen LogP contribution in [-0.2, 0) is 19.4 Å². The van der Waals surface area contributed by atoms with E-state index in [1.807, 2.05) is 36.4 Å². The Morgan fingerprint density at radius 2 is 1.70 bits per heavy atom. The second kappa shape index (κ2) is 6.74. The maximum atomic E-state index is 5.66. The molecule has 0 atom stereocenters. The molecule has 1 aliphatic carbocycles. The Morgan fingerprint density at radius 3 is 2.56 bits per heavy atom. The van der Waals surface area contributed by atoms with E-state index in [1.54, 1.807) is 0 Å². The minimum Gasteiger partial charge on any atom is -0.340 e. The first kappa shape index (κ1) is 16.4. The normalized spacial score (nSPS) is 13.6. The average Bonchev–Trinajstić information content (AvgIpc) is 3.13. The molecule has 0 unspecified atom stereocenters. The van der Waals surface area contributed by atoms with Crippen LogP contribution in [0.2, 0.25) is 0 Å². The van der Waals surface area contributed by atoms with Crippen LogP contribution in [-0.4, -0.2) is 19.5 Å². The number of nitrogens with zero attached hydrogens (tertiary/aromatic N) is 3. The zero-order chi connectivity index (χ0) is 18.2. The molecular formula is C22H20N4S. The van der Waals surface area contributed by atoms with Crippen LogP contribution in [0.4, 0.5) is 0 Å². The Bertz CT molecular complexity index is 1140. The van der Waals surface area contributed by atoms with Gasteiger partial charge in [-0.25, -0.2) is 9.97 Å². The van der Waals surface area contributed by atoms with Gasteiger partial charge in [0.15, 0.2) is 0 Å². The predicted octanol–water partition coefficient (Wildman–Crippen LogP) is 5.08. The van der Waals surface area contributed by atoms with Gasteiger partial charge in [-0.3, -0.25) is 0 Å². The molecule has 4 aromatic rings. The number of benzene rings is 2. The summed E-state index contributed by atoms with van der Waals surface area (Å²) in [5, 5.41) is 0. The van der Waals surface area contributed by atoms with E-state index in [9.17, 15) is 0 Å². The summed E-state index contributed by atoms with van der Waals surface area (Å²) in [5.41, 5.74) is 5.72. The van der Waals surface area contributed by atoms with Crippen molar-refractivity contribution in [3.05, 3.63) is 76.3 Å². The fourth-order valence-electron chi connectivity index (χ4n) is 3.98. The predicted molar refractivity (Wildman–Crippen MR) is 110 cm³/mol. The van der Waals surface area contributed by atoms with Gasteiger partial charge in [-0.15, -0.1) is 0 Å². The topological polar surface area (TPSA) is 46.5 Å². The molecule has 4 nitrogen and oxygen atoms in total. The van der Waals surface area contributed by atoms with Crippen molar-refractivity contribution in [2.24, 2.45) is 0 Å². The molecule has 0 aliphatic heterocycles. The van der Waals surface area contributed by atoms with Gasteiger partial charge in [0.05, 0.1) is 17.6 Å². The number of para-hydroxylation sites is 2. The Kier molecular flexibility index (Phi) is 4.09. The summed E-state index contributed by atoms with van der Waals surface area (Å²) < 4.78 is 3.07. The molecule has 0 saturated carbocycles. The Hall–Kier alpha value is -2.79. The zero-order valence-electron chi connectivity index (χ0n) is 15.0. The molecule has 0 radical (unpaired) electrons. The molecule has 5 rings (SSSR count). The average molecular weight is 372 g/mol. The van der Waals surface area contributed by atoms with E-state index < -0.39 is 0 Å². The van der Waals surface area contributed by atoms with Gasteiger partial charge < -0.3 is 9.55 Å². The van der Waals surface area contributed by atoms with Crippen molar-refractivity contribution >= 4 is 23.3 Å². The van der Waals surface area contributed by atoms with Gasteiger partial charge in [0.25, 0.3) is 0 Å². The van der Waals surface area contributed by atoms with Crippen LogP contribution < -0.4 is 0 Å². The van der Waals surface area contributed by atoms with Crippen molar-refractivity contribution in [1.29, 1.82) is 0 Å². The number of nitrogens with one attached hydrogen (secondary N) is 1. The first-order valence-electron chi connectivity index (χ1n) is 9.41. The lowest BCUT2D eigenvalue weighted by atomic mass is 9.96. The smallest absolute Gasteiger partial charge is 0.142 e. The van der Waals surface area contributed by atoms with Crippen LogP contribution in [0, 0.1) is 4.64 Å². The highest BCUT2D eigenvalue weighted by Gasteiger charge is 2.20. The minimum atomic E-state index is 0.670. The second-order valence-electron chi connectivity index (χ2n) is 7.03. The highest BCUT2D eigenvalue weighted by Crippen LogP contribution is 2.28. The summed E-state index contributed by atoms with van der Waals surface area (Å²) in [6.07, 6.45) is 4.45. The molecule has 0 bridgehead atoms. The van der Waals surface area contributed by atoms with Crippen molar-refractivity contribution in [2.75, 3.05) is 0 Å². The number of H-pyrrole nitrogens is 1. The monoisotopic (exact) mass is 372 g/mol. The lowest BCUT2D eigenvalue weighted by Crippen LogP contribution is -2.19. The van der Waals surface area contributed by atoms with Gasteiger partial charge in [-0.2, -0.15) is 0 Å². The molecule has 2 heterocycles. The molecule has 0 spiro atoms. The maximum Gasteiger partial charge on any atom is 0.142 e. The van der Waals surface area contributed by atoms with Crippen molar-refractivity contribution in [3.63, 3.8) is 0 Å². The molecule has 0 amide bonds. The van der Waals surface area contributed by atoms with E-state index in [0.29, 0.717) is 6.54 Å². The molecule has 0 saturated heterocycles. The van der Waals surface area contributed by atoms with Crippen LogP contribution in [0.5, 0.6) is 0 Å². The number of hydrogen-bond acceptors (Lipinski definition) is 3. The third-order valence-electron chi connectivity index (χ3n) is 5.26. The highest BCUT2D eigenvalue weighted by atomic mass is 32.1. The highest BCUT2D eigenvalue weighted by molar-refractivity contribution is 7.71. The third-order valence-corrected chi connectivity index (χ3v) is 5.60. The molecule has 2 aromatic heterocycles. The summed E-state index contributed by atoms with van der Waals surface area (Å²) in [4.78, 5) is 13.1. The zero-order valence-corrected chi connectivity index (χ0v) is 15.8. The third kappa shape index (κ3) is 2.98.